The van der Waals surface area contributed by atoms with Gasteiger partial charge in [0.1, 0.15) is 5.75 Å². The van der Waals surface area contributed by atoms with Crippen LogP contribution in [0.5, 0.6) is 5.75 Å². The largest absolute Gasteiger partial charge is 0.506 e. The van der Waals surface area contributed by atoms with Gasteiger partial charge in [0.05, 0.1) is 10.7 Å². The Labute approximate surface area is 174 Å². The number of carbonyl (C=O) groups is 1. The fourth-order valence-corrected chi connectivity index (χ4v) is 3.86. The van der Waals surface area contributed by atoms with Crippen LogP contribution in [0.4, 0.5) is 0 Å². The second kappa shape index (κ2) is 8.67. The highest BCUT2D eigenvalue weighted by Crippen LogP contribution is 2.35. The second-order valence-corrected chi connectivity index (χ2v) is 7.86. The summed E-state index contributed by atoms with van der Waals surface area (Å²) in [6, 6.07) is 16.1. The highest BCUT2D eigenvalue weighted by Gasteiger charge is 2.10. The van der Waals surface area contributed by atoms with Crippen LogP contribution in [-0.2, 0) is 11.2 Å². The van der Waals surface area contributed by atoms with Gasteiger partial charge in [-0.25, -0.2) is 5.43 Å². The van der Waals surface area contributed by atoms with E-state index in [1.807, 2.05) is 25.1 Å². The van der Waals surface area contributed by atoms with Crippen LogP contribution in [0.3, 0.4) is 0 Å². The molecule has 0 aliphatic carbocycles. The van der Waals surface area contributed by atoms with E-state index in [0.29, 0.717) is 22.9 Å². The van der Waals surface area contributed by atoms with Gasteiger partial charge < -0.3 is 5.11 Å². The Morgan fingerprint density at radius 1 is 1.15 bits per heavy atom. The smallest absolute Gasteiger partial charge is 0.240 e. The number of aryl methyl sites for hydroxylation is 1. The SMILES string of the molecule is Cc1c(Br)cc(/C=N/NC(=O)CCc2ccc3ccccc3c2)c(O)c1Br. The Kier molecular flexibility index (Phi) is 6.29. The van der Waals surface area contributed by atoms with Gasteiger partial charge in [-0.1, -0.05) is 58.4 Å². The van der Waals surface area contributed by atoms with Gasteiger partial charge in [0.2, 0.25) is 5.91 Å². The lowest BCUT2D eigenvalue weighted by Gasteiger charge is -2.07. The monoisotopic (exact) mass is 488 g/mol. The van der Waals surface area contributed by atoms with Gasteiger partial charge in [-0.05, 0) is 57.2 Å². The fraction of sp³-hybridized carbons (Fsp3) is 0.143. The first-order valence-electron chi connectivity index (χ1n) is 8.43. The van der Waals surface area contributed by atoms with Gasteiger partial charge in [0, 0.05) is 16.5 Å². The number of halogens is 2. The number of nitrogens with zero attached hydrogens (tertiary/aromatic N) is 1. The van der Waals surface area contributed by atoms with Crippen molar-refractivity contribution >= 4 is 54.8 Å². The van der Waals surface area contributed by atoms with Crippen molar-refractivity contribution in [3.8, 4) is 5.75 Å². The zero-order chi connectivity index (χ0) is 19.4. The van der Waals surface area contributed by atoms with Crippen LogP contribution in [-0.4, -0.2) is 17.2 Å². The van der Waals surface area contributed by atoms with Crippen LogP contribution in [0.25, 0.3) is 10.8 Å². The minimum atomic E-state index is -0.177. The standard InChI is InChI=1S/C21H18Br2N2O2/c1-13-18(22)11-17(21(27)20(13)23)12-24-25-19(26)9-7-14-6-8-15-4-2-3-5-16(15)10-14/h2-6,8,10-12,27H,7,9H2,1H3,(H,25,26)/b24-12+. The normalized spacial score (nSPS) is 11.2. The summed E-state index contributed by atoms with van der Waals surface area (Å²) in [6.45, 7) is 1.88. The van der Waals surface area contributed by atoms with Crippen LogP contribution < -0.4 is 5.43 Å². The molecule has 1 amide bonds. The van der Waals surface area contributed by atoms with E-state index in [-0.39, 0.29) is 11.7 Å². The summed E-state index contributed by atoms with van der Waals surface area (Å²) in [5.41, 5.74) is 5.02. The number of fused-ring (bicyclic) bond motifs is 1. The van der Waals surface area contributed by atoms with E-state index < -0.39 is 0 Å². The molecule has 0 unspecified atom stereocenters. The number of rotatable bonds is 5. The number of amides is 1. The molecule has 0 aliphatic heterocycles. The summed E-state index contributed by atoms with van der Waals surface area (Å²) in [7, 11) is 0. The van der Waals surface area contributed by atoms with Crippen LogP contribution in [0, 0.1) is 6.92 Å². The molecular weight excluding hydrogens is 472 g/mol. The molecule has 4 nitrogen and oxygen atoms in total. The quantitative estimate of drug-likeness (QED) is 0.369. The van der Waals surface area contributed by atoms with Crippen LogP contribution in [0.1, 0.15) is 23.1 Å². The molecule has 0 heterocycles. The van der Waals surface area contributed by atoms with Crippen LogP contribution in [0.15, 0.2) is 62.6 Å². The van der Waals surface area contributed by atoms with Crippen molar-refractivity contribution in [1.29, 1.82) is 0 Å². The number of carbonyl (C=O) groups excluding carboxylic acids is 1. The van der Waals surface area contributed by atoms with Gasteiger partial charge in [-0.15, -0.1) is 0 Å². The van der Waals surface area contributed by atoms with Gasteiger partial charge in [-0.3, -0.25) is 4.79 Å². The molecule has 0 bridgehead atoms. The predicted octanol–water partition coefficient (Wildman–Crippen LogP) is 5.46. The third-order valence-corrected chi connectivity index (χ3v) is 6.09. The van der Waals surface area contributed by atoms with Gasteiger partial charge >= 0.3 is 0 Å². The molecule has 0 saturated carbocycles. The van der Waals surface area contributed by atoms with E-state index in [4.69, 9.17) is 0 Å². The van der Waals surface area contributed by atoms with E-state index in [1.54, 1.807) is 6.07 Å². The van der Waals surface area contributed by atoms with Crippen molar-refractivity contribution in [1.82, 2.24) is 5.43 Å². The summed E-state index contributed by atoms with van der Waals surface area (Å²) in [5.74, 6) is -0.0889. The number of hydrazone groups is 1. The summed E-state index contributed by atoms with van der Waals surface area (Å²) >= 11 is 6.77. The Balaban J connectivity index is 1.59. The third-order valence-electron chi connectivity index (χ3n) is 4.30. The number of benzene rings is 3. The minimum absolute atomic E-state index is 0.0878. The zero-order valence-corrected chi connectivity index (χ0v) is 17.8. The van der Waals surface area contributed by atoms with Gasteiger partial charge in [0.25, 0.3) is 0 Å². The molecule has 0 saturated heterocycles. The Hall–Kier alpha value is -2.18. The van der Waals surface area contributed by atoms with E-state index >= 15 is 0 Å². The van der Waals surface area contributed by atoms with Gasteiger partial charge in [0.15, 0.2) is 0 Å². The van der Waals surface area contributed by atoms with E-state index in [1.165, 1.54) is 17.0 Å². The summed E-state index contributed by atoms with van der Waals surface area (Å²) in [5, 5.41) is 16.4. The first-order valence-corrected chi connectivity index (χ1v) is 10.0. The van der Waals surface area contributed by atoms with Crippen molar-refractivity contribution in [2.75, 3.05) is 0 Å². The lowest BCUT2D eigenvalue weighted by Crippen LogP contribution is -2.17. The third kappa shape index (κ3) is 4.76. The predicted molar refractivity (Wildman–Crippen MR) is 116 cm³/mol. The molecule has 0 spiro atoms. The molecule has 0 aromatic heterocycles. The van der Waals surface area contributed by atoms with Crippen LogP contribution in [0.2, 0.25) is 0 Å². The van der Waals surface area contributed by atoms with E-state index in [9.17, 15) is 9.90 Å². The molecule has 6 heteroatoms. The molecule has 0 fully saturated rings. The maximum absolute atomic E-state index is 12.0. The fourth-order valence-electron chi connectivity index (χ4n) is 2.70. The summed E-state index contributed by atoms with van der Waals surface area (Å²) in [4.78, 5) is 12.0. The lowest BCUT2D eigenvalue weighted by atomic mass is 10.0. The Morgan fingerprint density at radius 3 is 2.67 bits per heavy atom. The van der Waals surface area contributed by atoms with E-state index in [0.717, 1.165) is 15.6 Å². The molecule has 3 rings (SSSR count). The van der Waals surface area contributed by atoms with Crippen molar-refractivity contribution in [2.24, 2.45) is 5.10 Å². The average molecular weight is 490 g/mol. The maximum Gasteiger partial charge on any atom is 0.240 e. The summed E-state index contributed by atoms with van der Waals surface area (Å²) in [6.07, 6.45) is 2.40. The topological polar surface area (TPSA) is 61.7 Å². The van der Waals surface area contributed by atoms with Gasteiger partial charge in [-0.2, -0.15) is 5.10 Å². The summed E-state index contributed by atoms with van der Waals surface area (Å²) < 4.78 is 1.44. The first kappa shape index (κ1) is 19.6. The number of hydrogen-bond acceptors (Lipinski definition) is 3. The molecular formula is C21H18Br2N2O2. The Bertz CT molecular complexity index is 1030. The molecule has 2 N–H and O–H groups in total. The second-order valence-electron chi connectivity index (χ2n) is 6.21. The highest BCUT2D eigenvalue weighted by atomic mass is 79.9. The average Bonchev–Trinajstić information content (AvgIpc) is 2.68. The highest BCUT2D eigenvalue weighted by molar-refractivity contribution is 9.11. The number of aromatic hydroxyl groups is 1. The minimum Gasteiger partial charge on any atom is -0.506 e. The van der Waals surface area contributed by atoms with E-state index in [2.05, 4.69) is 66.7 Å². The molecule has 0 radical (unpaired) electrons. The van der Waals surface area contributed by atoms with Crippen LogP contribution >= 0.6 is 31.9 Å². The lowest BCUT2D eigenvalue weighted by molar-refractivity contribution is -0.121. The van der Waals surface area contributed by atoms with Crippen molar-refractivity contribution < 1.29 is 9.90 Å². The molecule has 27 heavy (non-hydrogen) atoms. The maximum atomic E-state index is 12.0. The Morgan fingerprint density at radius 2 is 1.89 bits per heavy atom. The number of nitrogens with one attached hydrogen (secondary N) is 1. The molecule has 138 valence electrons. The number of phenols is 1. The van der Waals surface area contributed by atoms with Crippen molar-refractivity contribution in [2.45, 2.75) is 19.8 Å². The van der Waals surface area contributed by atoms with Crippen molar-refractivity contribution in [3.05, 3.63) is 74.2 Å². The molecule has 3 aromatic carbocycles. The zero-order valence-electron chi connectivity index (χ0n) is 14.7. The molecule has 0 aliphatic rings. The molecule has 3 aromatic rings. The van der Waals surface area contributed by atoms with Crippen molar-refractivity contribution in [3.63, 3.8) is 0 Å². The number of phenolic OH excluding ortho intramolecular Hbond substituents is 1. The first-order chi connectivity index (χ1) is 13.0. The number of hydrogen-bond donors (Lipinski definition) is 2. The molecule has 0 atom stereocenters.